The number of benzene rings is 1. The van der Waals surface area contributed by atoms with Gasteiger partial charge in [0.25, 0.3) is 5.91 Å². The number of nitrogens with zero attached hydrogens (tertiary/aromatic N) is 1. The van der Waals surface area contributed by atoms with Crippen molar-refractivity contribution in [3.63, 3.8) is 0 Å². The molecule has 0 bridgehead atoms. The highest BCUT2D eigenvalue weighted by atomic mass is 35.5. The van der Waals surface area contributed by atoms with Gasteiger partial charge < -0.3 is 5.32 Å². The van der Waals surface area contributed by atoms with Gasteiger partial charge >= 0.3 is 0 Å². The van der Waals surface area contributed by atoms with E-state index >= 15 is 0 Å². The largest absolute Gasteiger partial charge is 0.347 e. The van der Waals surface area contributed by atoms with E-state index in [2.05, 4.69) is 15.5 Å². The molecular weight excluding hydrogens is 238 g/mol. The number of halogens is 1. The molecule has 0 aliphatic rings. The van der Waals surface area contributed by atoms with Crippen molar-refractivity contribution in [3.05, 3.63) is 52.3 Å². The summed E-state index contributed by atoms with van der Waals surface area (Å²) in [5, 5.41) is 10.0. The smallest absolute Gasteiger partial charge is 0.272 e. The van der Waals surface area contributed by atoms with Crippen LogP contribution in [0.3, 0.4) is 0 Å². The summed E-state index contributed by atoms with van der Waals surface area (Å²) in [6.45, 7) is 2.24. The number of amides is 1. The van der Waals surface area contributed by atoms with Crippen LogP contribution in [0.25, 0.3) is 0 Å². The van der Waals surface area contributed by atoms with E-state index in [0.29, 0.717) is 17.3 Å². The molecule has 2 aromatic rings. The first-order chi connectivity index (χ1) is 8.16. The molecule has 1 aromatic heterocycles. The molecular formula is C12H12ClN3O. The molecule has 2 N–H and O–H groups in total. The monoisotopic (exact) mass is 249 g/mol. The third-order valence-electron chi connectivity index (χ3n) is 2.34. The summed E-state index contributed by atoms with van der Waals surface area (Å²) in [7, 11) is 0. The number of hydrogen-bond donors (Lipinski definition) is 2. The van der Waals surface area contributed by atoms with Gasteiger partial charge in [0.1, 0.15) is 5.69 Å². The molecule has 5 heteroatoms. The highest BCUT2D eigenvalue weighted by molar-refractivity contribution is 6.31. The molecule has 2 rings (SSSR count). The maximum Gasteiger partial charge on any atom is 0.272 e. The number of H-pyrrole nitrogens is 1. The van der Waals surface area contributed by atoms with Gasteiger partial charge in [-0.05, 0) is 24.6 Å². The molecule has 0 saturated heterocycles. The molecule has 4 nitrogen and oxygen atoms in total. The summed E-state index contributed by atoms with van der Waals surface area (Å²) in [6, 6.07) is 9.10. The third-order valence-corrected chi connectivity index (χ3v) is 2.70. The summed E-state index contributed by atoms with van der Waals surface area (Å²) >= 11 is 5.98. The van der Waals surface area contributed by atoms with E-state index in [0.717, 1.165) is 11.3 Å². The Morgan fingerprint density at radius 3 is 2.88 bits per heavy atom. The number of hydrogen-bond acceptors (Lipinski definition) is 2. The average Bonchev–Trinajstić information content (AvgIpc) is 2.74. The zero-order valence-electron chi connectivity index (χ0n) is 9.33. The third kappa shape index (κ3) is 2.85. The zero-order valence-corrected chi connectivity index (χ0v) is 10.1. The maximum absolute atomic E-state index is 11.7. The number of rotatable bonds is 3. The molecule has 0 fully saturated rings. The summed E-state index contributed by atoms with van der Waals surface area (Å²) in [4.78, 5) is 11.7. The lowest BCUT2D eigenvalue weighted by Gasteiger charge is -2.04. The molecule has 1 amide bonds. The van der Waals surface area contributed by atoms with E-state index < -0.39 is 0 Å². The molecule has 0 radical (unpaired) electrons. The molecule has 0 unspecified atom stereocenters. The molecule has 0 saturated carbocycles. The van der Waals surface area contributed by atoms with Crippen LogP contribution < -0.4 is 5.32 Å². The highest BCUT2D eigenvalue weighted by Crippen LogP contribution is 2.14. The van der Waals surface area contributed by atoms with E-state index in [4.69, 9.17) is 11.6 Å². The highest BCUT2D eigenvalue weighted by Gasteiger charge is 2.09. The van der Waals surface area contributed by atoms with Crippen molar-refractivity contribution < 1.29 is 4.79 Å². The van der Waals surface area contributed by atoms with Crippen molar-refractivity contribution >= 4 is 17.5 Å². The first-order valence-electron chi connectivity index (χ1n) is 5.20. The first kappa shape index (κ1) is 11.7. The van der Waals surface area contributed by atoms with Crippen LogP contribution >= 0.6 is 11.6 Å². The Bertz CT molecular complexity index is 536. The van der Waals surface area contributed by atoms with Crippen molar-refractivity contribution in [1.82, 2.24) is 15.5 Å². The van der Waals surface area contributed by atoms with Gasteiger partial charge in [-0.1, -0.05) is 29.8 Å². The minimum absolute atomic E-state index is 0.214. The lowest BCUT2D eigenvalue weighted by molar-refractivity contribution is 0.0946. The van der Waals surface area contributed by atoms with Crippen molar-refractivity contribution in [3.8, 4) is 0 Å². The predicted octanol–water partition coefficient (Wildman–Crippen LogP) is 2.30. The Morgan fingerprint density at radius 2 is 2.24 bits per heavy atom. The lowest BCUT2D eigenvalue weighted by Crippen LogP contribution is -2.23. The fourth-order valence-corrected chi connectivity index (χ4v) is 1.64. The zero-order chi connectivity index (χ0) is 12.3. The molecule has 88 valence electrons. The summed E-state index contributed by atoms with van der Waals surface area (Å²) in [5.74, 6) is -0.214. The first-order valence-corrected chi connectivity index (χ1v) is 5.58. The topological polar surface area (TPSA) is 57.8 Å². The minimum Gasteiger partial charge on any atom is -0.347 e. The van der Waals surface area contributed by atoms with Gasteiger partial charge in [-0.15, -0.1) is 0 Å². The molecule has 0 atom stereocenters. The van der Waals surface area contributed by atoms with E-state index in [1.807, 2.05) is 25.1 Å². The van der Waals surface area contributed by atoms with Crippen LogP contribution in [-0.4, -0.2) is 16.1 Å². The predicted molar refractivity (Wildman–Crippen MR) is 65.9 cm³/mol. The number of aromatic amines is 1. The van der Waals surface area contributed by atoms with Crippen molar-refractivity contribution in [2.75, 3.05) is 0 Å². The standard InChI is InChI=1S/C12H12ClN3O/c1-8-6-11(16-15-8)12(17)14-7-9-4-2-3-5-10(9)13/h2-6H,7H2,1H3,(H,14,17)(H,15,16). The Labute approximate surface area is 104 Å². The maximum atomic E-state index is 11.7. The van der Waals surface area contributed by atoms with Gasteiger partial charge in [0.2, 0.25) is 0 Å². The molecule has 0 aliphatic heterocycles. The van der Waals surface area contributed by atoms with Crippen LogP contribution in [0.1, 0.15) is 21.7 Å². The number of nitrogens with one attached hydrogen (secondary N) is 2. The molecule has 1 aromatic carbocycles. The van der Waals surface area contributed by atoms with Gasteiger partial charge in [0.15, 0.2) is 0 Å². The lowest BCUT2D eigenvalue weighted by atomic mass is 10.2. The van der Waals surface area contributed by atoms with Crippen LogP contribution in [0.5, 0.6) is 0 Å². The number of aryl methyl sites for hydroxylation is 1. The Morgan fingerprint density at radius 1 is 1.47 bits per heavy atom. The quantitative estimate of drug-likeness (QED) is 0.877. The second-order valence-electron chi connectivity index (χ2n) is 3.71. The van der Waals surface area contributed by atoms with Crippen LogP contribution in [-0.2, 0) is 6.54 Å². The second kappa shape index (κ2) is 5.01. The SMILES string of the molecule is Cc1cc(C(=O)NCc2ccccc2Cl)n[nH]1. The van der Waals surface area contributed by atoms with E-state index in [1.54, 1.807) is 12.1 Å². The Hall–Kier alpha value is -1.81. The Balaban J connectivity index is 1.99. The van der Waals surface area contributed by atoms with Crippen molar-refractivity contribution in [2.24, 2.45) is 0 Å². The van der Waals surface area contributed by atoms with Crippen LogP contribution in [0.2, 0.25) is 5.02 Å². The molecule has 0 aliphatic carbocycles. The van der Waals surface area contributed by atoms with E-state index in [1.165, 1.54) is 0 Å². The summed E-state index contributed by atoms with van der Waals surface area (Å²) in [6.07, 6.45) is 0. The fourth-order valence-electron chi connectivity index (χ4n) is 1.44. The van der Waals surface area contributed by atoms with Crippen LogP contribution in [0.4, 0.5) is 0 Å². The number of aromatic nitrogens is 2. The molecule has 0 spiro atoms. The van der Waals surface area contributed by atoms with Gasteiger partial charge in [0, 0.05) is 17.3 Å². The summed E-state index contributed by atoms with van der Waals surface area (Å²) < 4.78 is 0. The molecule has 17 heavy (non-hydrogen) atoms. The molecule has 1 heterocycles. The minimum atomic E-state index is -0.214. The van der Waals surface area contributed by atoms with E-state index in [-0.39, 0.29) is 5.91 Å². The van der Waals surface area contributed by atoms with Gasteiger partial charge in [-0.2, -0.15) is 5.10 Å². The van der Waals surface area contributed by atoms with E-state index in [9.17, 15) is 4.79 Å². The number of carbonyl (C=O) groups is 1. The Kier molecular flexibility index (Phi) is 3.44. The van der Waals surface area contributed by atoms with Gasteiger partial charge in [0.05, 0.1) is 0 Å². The second-order valence-corrected chi connectivity index (χ2v) is 4.12. The van der Waals surface area contributed by atoms with Gasteiger partial charge in [-0.3, -0.25) is 9.89 Å². The average molecular weight is 250 g/mol. The van der Waals surface area contributed by atoms with Crippen molar-refractivity contribution in [2.45, 2.75) is 13.5 Å². The number of carbonyl (C=O) groups excluding carboxylic acids is 1. The van der Waals surface area contributed by atoms with Gasteiger partial charge in [-0.25, -0.2) is 0 Å². The van der Waals surface area contributed by atoms with Crippen LogP contribution in [0.15, 0.2) is 30.3 Å². The fraction of sp³-hybridized carbons (Fsp3) is 0.167. The summed E-state index contributed by atoms with van der Waals surface area (Å²) in [5.41, 5.74) is 2.12. The van der Waals surface area contributed by atoms with Crippen LogP contribution in [0, 0.1) is 6.92 Å². The normalized spacial score (nSPS) is 10.2. The van der Waals surface area contributed by atoms with Crippen molar-refractivity contribution in [1.29, 1.82) is 0 Å².